The van der Waals surface area contributed by atoms with Gasteiger partial charge in [0, 0.05) is 18.5 Å². The maximum Gasteiger partial charge on any atom is 0.573 e. The third kappa shape index (κ3) is 7.84. The van der Waals surface area contributed by atoms with Gasteiger partial charge in [-0.15, -0.1) is 13.2 Å². The van der Waals surface area contributed by atoms with E-state index in [1.807, 2.05) is 30.3 Å². The minimum Gasteiger partial charge on any atom is -0.478 e. The number of carboxylic acids is 1. The first-order chi connectivity index (χ1) is 13.7. The highest BCUT2D eigenvalue weighted by atomic mass is 19.4. The van der Waals surface area contributed by atoms with Gasteiger partial charge >= 0.3 is 18.4 Å². The average Bonchev–Trinajstić information content (AvgIpc) is 2.65. The van der Waals surface area contributed by atoms with Crippen LogP contribution in [0.5, 0.6) is 5.75 Å². The van der Waals surface area contributed by atoms with Crippen LogP contribution in [0, 0.1) is 11.8 Å². The molecule has 0 fully saturated rings. The van der Waals surface area contributed by atoms with Crippen molar-refractivity contribution in [1.29, 1.82) is 0 Å². The molecular formula is C20H16F3NO5. The summed E-state index contributed by atoms with van der Waals surface area (Å²) in [4.78, 5) is 22.6. The van der Waals surface area contributed by atoms with Crippen molar-refractivity contribution in [2.45, 2.75) is 19.4 Å². The smallest absolute Gasteiger partial charge is 0.478 e. The summed E-state index contributed by atoms with van der Waals surface area (Å²) in [6.45, 7) is 0.288. The molecule has 0 aliphatic rings. The second-order valence-electron chi connectivity index (χ2n) is 5.60. The van der Waals surface area contributed by atoms with E-state index >= 15 is 0 Å². The molecule has 0 unspecified atom stereocenters. The van der Waals surface area contributed by atoms with Crippen LogP contribution in [0.2, 0.25) is 0 Å². The molecule has 0 spiro atoms. The maximum atomic E-state index is 12.4. The van der Waals surface area contributed by atoms with Gasteiger partial charge in [0.2, 0.25) is 0 Å². The Kier molecular flexibility index (Phi) is 7.48. The van der Waals surface area contributed by atoms with E-state index in [4.69, 9.17) is 9.84 Å². The molecule has 0 aliphatic carbocycles. The van der Waals surface area contributed by atoms with Crippen LogP contribution in [0.15, 0.2) is 48.5 Å². The largest absolute Gasteiger partial charge is 0.573 e. The van der Waals surface area contributed by atoms with Crippen molar-refractivity contribution in [2.75, 3.05) is 6.54 Å². The van der Waals surface area contributed by atoms with Crippen LogP contribution in [0.4, 0.5) is 18.0 Å². The van der Waals surface area contributed by atoms with E-state index < -0.39 is 29.7 Å². The van der Waals surface area contributed by atoms with E-state index in [1.165, 1.54) is 6.07 Å². The average molecular weight is 407 g/mol. The molecule has 0 saturated heterocycles. The van der Waals surface area contributed by atoms with Gasteiger partial charge < -0.3 is 19.9 Å². The van der Waals surface area contributed by atoms with E-state index in [-0.39, 0.29) is 25.1 Å². The minimum absolute atomic E-state index is 0.121. The van der Waals surface area contributed by atoms with Crippen LogP contribution in [-0.2, 0) is 11.3 Å². The van der Waals surface area contributed by atoms with Crippen molar-refractivity contribution < 1.29 is 37.3 Å². The van der Waals surface area contributed by atoms with Crippen molar-refractivity contribution >= 4 is 12.1 Å². The van der Waals surface area contributed by atoms with Crippen LogP contribution in [0.1, 0.15) is 27.9 Å². The van der Waals surface area contributed by atoms with Gasteiger partial charge in [-0.25, -0.2) is 9.59 Å². The number of ether oxygens (including phenoxy) is 2. The number of carbonyl (C=O) groups excluding carboxylic acids is 1. The zero-order chi connectivity index (χ0) is 21.3. The van der Waals surface area contributed by atoms with Crippen LogP contribution in [0.25, 0.3) is 0 Å². The molecule has 0 bridgehead atoms. The number of amides is 1. The summed E-state index contributed by atoms with van der Waals surface area (Å²) in [7, 11) is 0. The lowest BCUT2D eigenvalue weighted by atomic mass is 10.1. The second-order valence-corrected chi connectivity index (χ2v) is 5.60. The molecule has 2 rings (SSSR count). The Balaban J connectivity index is 1.85. The SMILES string of the molecule is O=C(NCCC#Cc1ccc(C(=O)O)c(OC(F)(F)F)c1)OCc1ccccc1. The first kappa shape index (κ1) is 21.6. The van der Waals surface area contributed by atoms with Gasteiger partial charge in [-0.2, -0.15) is 0 Å². The molecule has 0 aliphatic heterocycles. The lowest BCUT2D eigenvalue weighted by Gasteiger charge is -2.11. The number of carboxylic acid groups (broad SMARTS) is 1. The fourth-order valence-corrected chi connectivity index (χ4v) is 2.15. The molecule has 6 nitrogen and oxygen atoms in total. The van der Waals surface area contributed by atoms with E-state index in [0.29, 0.717) is 0 Å². The number of rotatable bonds is 6. The standard InChI is InChI=1S/C20H16F3NO5/c21-20(22,23)29-17-12-14(9-10-16(17)18(25)26)6-4-5-11-24-19(27)28-13-15-7-2-1-3-8-15/h1-3,7-10,12H,5,11,13H2,(H,24,27)(H,25,26). The Bertz CT molecular complexity index is 917. The van der Waals surface area contributed by atoms with Crippen LogP contribution in [-0.4, -0.2) is 30.1 Å². The molecule has 0 heterocycles. The molecule has 9 heteroatoms. The summed E-state index contributed by atoms with van der Waals surface area (Å²) in [5.74, 6) is 2.85. The van der Waals surface area contributed by atoms with Gasteiger partial charge in [-0.1, -0.05) is 42.2 Å². The Morgan fingerprint density at radius 3 is 2.48 bits per heavy atom. The van der Waals surface area contributed by atoms with Crippen molar-refractivity contribution in [2.24, 2.45) is 0 Å². The summed E-state index contributed by atoms with van der Waals surface area (Å²) in [6.07, 6.45) is -5.45. The number of aromatic carboxylic acids is 1. The third-order valence-electron chi connectivity index (χ3n) is 3.40. The molecule has 1 amide bonds. The van der Waals surface area contributed by atoms with Gasteiger partial charge in [-0.3, -0.25) is 0 Å². The van der Waals surface area contributed by atoms with Crippen LogP contribution < -0.4 is 10.1 Å². The Morgan fingerprint density at radius 2 is 1.83 bits per heavy atom. The predicted octanol–water partition coefficient (Wildman–Crippen LogP) is 3.95. The highest BCUT2D eigenvalue weighted by Gasteiger charge is 2.33. The lowest BCUT2D eigenvalue weighted by Crippen LogP contribution is -2.24. The second kappa shape index (κ2) is 10.0. The molecule has 0 aromatic heterocycles. The highest BCUT2D eigenvalue weighted by Crippen LogP contribution is 2.27. The molecular weight excluding hydrogens is 391 g/mol. The van der Waals surface area contributed by atoms with Gasteiger partial charge in [0.05, 0.1) is 0 Å². The minimum atomic E-state index is -5.03. The predicted molar refractivity (Wildman–Crippen MR) is 96.2 cm³/mol. The fraction of sp³-hybridized carbons (Fsp3) is 0.200. The Morgan fingerprint density at radius 1 is 1.10 bits per heavy atom. The molecule has 2 N–H and O–H groups in total. The zero-order valence-corrected chi connectivity index (χ0v) is 15.0. The summed E-state index contributed by atoms with van der Waals surface area (Å²) in [5, 5.41) is 11.4. The summed E-state index contributed by atoms with van der Waals surface area (Å²) in [5.41, 5.74) is 0.348. The van der Waals surface area contributed by atoms with Crippen molar-refractivity contribution in [3.63, 3.8) is 0 Å². The van der Waals surface area contributed by atoms with Crippen molar-refractivity contribution in [1.82, 2.24) is 5.32 Å². The summed E-state index contributed by atoms with van der Waals surface area (Å²) in [6, 6.07) is 12.2. The number of alkyl carbamates (subject to hydrolysis) is 1. The molecule has 152 valence electrons. The Hall–Kier alpha value is -3.67. The molecule has 0 radical (unpaired) electrons. The topological polar surface area (TPSA) is 84.9 Å². The normalized spacial score (nSPS) is 10.4. The highest BCUT2D eigenvalue weighted by molar-refractivity contribution is 5.91. The molecule has 0 saturated carbocycles. The van der Waals surface area contributed by atoms with E-state index in [1.54, 1.807) is 0 Å². The van der Waals surface area contributed by atoms with E-state index in [9.17, 15) is 22.8 Å². The molecule has 29 heavy (non-hydrogen) atoms. The third-order valence-corrected chi connectivity index (χ3v) is 3.40. The van der Waals surface area contributed by atoms with E-state index in [2.05, 4.69) is 21.9 Å². The first-order valence-corrected chi connectivity index (χ1v) is 8.31. The van der Waals surface area contributed by atoms with E-state index in [0.717, 1.165) is 17.7 Å². The number of halogens is 3. The van der Waals surface area contributed by atoms with Gasteiger partial charge in [0.1, 0.15) is 17.9 Å². The van der Waals surface area contributed by atoms with Gasteiger partial charge in [-0.05, 0) is 23.8 Å². The quantitative estimate of drug-likeness (QED) is 0.560. The number of carbonyl (C=O) groups is 2. The molecule has 0 atom stereocenters. The maximum absolute atomic E-state index is 12.4. The first-order valence-electron chi connectivity index (χ1n) is 8.31. The monoisotopic (exact) mass is 407 g/mol. The number of hydrogen-bond donors (Lipinski definition) is 2. The number of hydrogen-bond acceptors (Lipinski definition) is 4. The number of benzene rings is 2. The van der Waals surface area contributed by atoms with Crippen molar-refractivity contribution in [3.8, 4) is 17.6 Å². The van der Waals surface area contributed by atoms with Crippen LogP contribution in [0.3, 0.4) is 0 Å². The number of alkyl halides is 3. The number of nitrogens with one attached hydrogen (secondary N) is 1. The molecule has 2 aromatic rings. The van der Waals surface area contributed by atoms with Gasteiger partial charge in [0.15, 0.2) is 0 Å². The van der Waals surface area contributed by atoms with Crippen LogP contribution >= 0.6 is 0 Å². The summed E-state index contributed by atoms with van der Waals surface area (Å²) >= 11 is 0. The molecule has 2 aromatic carbocycles. The van der Waals surface area contributed by atoms with Gasteiger partial charge in [0.25, 0.3) is 0 Å². The summed E-state index contributed by atoms with van der Waals surface area (Å²) < 4.78 is 46.0. The lowest BCUT2D eigenvalue weighted by molar-refractivity contribution is -0.274. The zero-order valence-electron chi connectivity index (χ0n) is 15.0. The fourth-order valence-electron chi connectivity index (χ4n) is 2.15. The van der Waals surface area contributed by atoms with Crippen molar-refractivity contribution in [3.05, 3.63) is 65.2 Å². The Labute approximate surface area is 164 Å².